The summed E-state index contributed by atoms with van der Waals surface area (Å²) in [7, 11) is 0. The Morgan fingerprint density at radius 3 is 2.33 bits per heavy atom. The van der Waals surface area contributed by atoms with E-state index in [9.17, 15) is 0 Å². The van der Waals surface area contributed by atoms with E-state index in [4.69, 9.17) is 10.8 Å². The average Bonchev–Trinajstić information content (AvgIpc) is 2.30. The van der Waals surface area contributed by atoms with Crippen LogP contribution in [0.3, 0.4) is 0 Å². The molecule has 0 aliphatic rings. The Morgan fingerprint density at radius 2 is 1.73 bits per heavy atom. The minimum atomic E-state index is 0.242. The van der Waals surface area contributed by atoms with Gasteiger partial charge in [0.05, 0.1) is 0 Å². The molecule has 0 atom stereocenters. The van der Waals surface area contributed by atoms with E-state index in [-0.39, 0.29) is 6.61 Å². The quantitative estimate of drug-likeness (QED) is 0.708. The highest BCUT2D eigenvalue weighted by Gasteiger charge is 2.04. The Hall–Kier alpha value is -1.06. The maximum Gasteiger partial charge on any atom is 0.0447 e. The molecule has 1 aromatic rings. The zero-order valence-electron chi connectivity index (χ0n) is 9.10. The SMILES string of the molecule is NCCCN(CCCO)c1ccccc1. The Balaban J connectivity index is 2.55. The van der Waals surface area contributed by atoms with Crippen molar-refractivity contribution in [2.24, 2.45) is 5.73 Å². The maximum absolute atomic E-state index is 8.84. The van der Waals surface area contributed by atoms with Crippen molar-refractivity contribution in [1.29, 1.82) is 0 Å². The van der Waals surface area contributed by atoms with Crippen LogP contribution in [0.2, 0.25) is 0 Å². The number of hydrogen-bond acceptors (Lipinski definition) is 3. The Kier molecular flexibility index (Phi) is 5.81. The van der Waals surface area contributed by atoms with Crippen molar-refractivity contribution >= 4 is 5.69 Å². The lowest BCUT2D eigenvalue weighted by atomic mass is 10.2. The lowest BCUT2D eigenvalue weighted by Gasteiger charge is -2.24. The number of rotatable bonds is 7. The van der Waals surface area contributed by atoms with E-state index in [0.29, 0.717) is 6.54 Å². The fourth-order valence-corrected chi connectivity index (χ4v) is 1.55. The van der Waals surface area contributed by atoms with Crippen LogP contribution in [0.25, 0.3) is 0 Å². The molecule has 3 heteroatoms. The van der Waals surface area contributed by atoms with Crippen LogP contribution >= 0.6 is 0 Å². The molecular formula is C12H20N2O. The number of hydrogen-bond donors (Lipinski definition) is 2. The van der Waals surface area contributed by atoms with Gasteiger partial charge in [-0.1, -0.05) is 18.2 Å². The predicted molar refractivity (Wildman–Crippen MR) is 64.0 cm³/mol. The third-order valence-electron chi connectivity index (χ3n) is 2.34. The van der Waals surface area contributed by atoms with Crippen molar-refractivity contribution in [3.63, 3.8) is 0 Å². The van der Waals surface area contributed by atoms with Crippen LogP contribution in [-0.4, -0.2) is 31.3 Å². The Morgan fingerprint density at radius 1 is 1.07 bits per heavy atom. The molecule has 0 heterocycles. The van der Waals surface area contributed by atoms with Crippen molar-refractivity contribution in [3.8, 4) is 0 Å². The summed E-state index contributed by atoms with van der Waals surface area (Å²) < 4.78 is 0. The van der Waals surface area contributed by atoms with E-state index in [1.54, 1.807) is 0 Å². The molecule has 0 unspecified atom stereocenters. The second-order valence-corrected chi connectivity index (χ2v) is 3.54. The zero-order chi connectivity index (χ0) is 10.9. The van der Waals surface area contributed by atoms with Gasteiger partial charge in [-0.2, -0.15) is 0 Å². The molecule has 84 valence electrons. The second kappa shape index (κ2) is 7.26. The van der Waals surface area contributed by atoms with Crippen molar-refractivity contribution in [2.45, 2.75) is 12.8 Å². The minimum Gasteiger partial charge on any atom is -0.396 e. The molecule has 0 bridgehead atoms. The van der Waals surface area contributed by atoms with E-state index < -0.39 is 0 Å². The molecule has 0 saturated heterocycles. The lowest BCUT2D eigenvalue weighted by Crippen LogP contribution is -2.27. The highest BCUT2D eigenvalue weighted by Crippen LogP contribution is 2.13. The number of benzene rings is 1. The van der Waals surface area contributed by atoms with E-state index in [1.807, 2.05) is 18.2 Å². The lowest BCUT2D eigenvalue weighted by molar-refractivity contribution is 0.289. The van der Waals surface area contributed by atoms with Gasteiger partial charge in [0.1, 0.15) is 0 Å². The molecule has 0 aliphatic heterocycles. The maximum atomic E-state index is 8.84. The highest BCUT2D eigenvalue weighted by molar-refractivity contribution is 5.45. The third kappa shape index (κ3) is 4.32. The van der Waals surface area contributed by atoms with Crippen LogP contribution in [0.4, 0.5) is 5.69 Å². The Bertz CT molecular complexity index is 243. The van der Waals surface area contributed by atoms with E-state index in [1.165, 1.54) is 5.69 Å². The van der Waals surface area contributed by atoms with E-state index in [0.717, 1.165) is 25.9 Å². The first-order valence-corrected chi connectivity index (χ1v) is 5.49. The van der Waals surface area contributed by atoms with Gasteiger partial charge in [0.2, 0.25) is 0 Å². The number of aliphatic hydroxyl groups is 1. The fourth-order valence-electron chi connectivity index (χ4n) is 1.55. The molecule has 1 aromatic carbocycles. The second-order valence-electron chi connectivity index (χ2n) is 3.54. The van der Waals surface area contributed by atoms with Crippen molar-refractivity contribution < 1.29 is 5.11 Å². The van der Waals surface area contributed by atoms with Crippen molar-refractivity contribution in [1.82, 2.24) is 0 Å². The monoisotopic (exact) mass is 208 g/mol. The summed E-state index contributed by atoms with van der Waals surface area (Å²) in [6.45, 7) is 2.80. The topological polar surface area (TPSA) is 49.5 Å². The van der Waals surface area contributed by atoms with Gasteiger partial charge in [-0.3, -0.25) is 0 Å². The van der Waals surface area contributed by atoms with Crippen LogP contribution in [-0.2, 0) is 0 Å². The average molecular weight is 208 g/mol. The van der Waals surface area contributed by atoms with Crippen LogP contribution < -0.4 is 10.6 Å². The summed E-state index contributed by atoms with van der Waals surface area (Å²) in [6.07, 6.45) is 1.79. The summed E-state index contributed by atoms with van der Waals surface area (Å²) in [6, 6.07) is 10.3. The minimum absolute atomic E-state index is 0.242. The Labute approximate surface area is 91.5 Å². The van der Waals surface area contributed by atoms with Gasteiger partial charge >= 0.3 is 0 Å². The number of anilines is 1. The van der Waals surface area contributed by atoms with Gasteiger partial charge in [-0.05, 0) is 31.5 Å². The molecule has 0 aromatic heterocycles. The summed E-state index contributed by atoms with van der Waals surface area (Å²) in [4.78, 5) is 2.27. The first-order valence-electron chi connectivity index (χ1n) is 5.49. The van der Waals surface area contributed by atoms with Gasteiger partial charge in [-0.15, -0.1) is 0 Å². The van der Waals surface area contributed by atoms with Gasteiger partial charge in [0.15, 0.2) is 0 Å². The predicted octanol–water partition coefficient (Wildman–Crippen LogP) is 1.22. The van der Waals surface area contributed by atoms with Crippen molar-refractivity contribution in [3.05, 3.63) is 30.3 Å². The van der Waals surface area contributed by atoms with E-state index in [2.05, 4.69) is 17.0 Å². The van der Waals surface area contributed by atoms with Gasteiger partial charge in [0.25, 0.3) is 0 Å². The first-order chi connectivity index (χ1) is 7.38. The third-order valence-corrected chi connectivity index (χ3v) is 2.34. The van der Waals surface area contributed by atoms with E-state index >= 15 is 0 Å². The molecule has 0 spiro atoms. The zero-order valence-corrected chi connectivity index (χ0v) is 9.10. The summed E-state index contributed by atoms with van der Waals surface area (Å²) >= 11 is 0. The van der Waals surface area contributed by atoms with Crippen LogP contribution in [0.15, 0.2) is 30.3 Å². The summed E-state index contributed by atoms with van der Waals surface area (Å²) in [5.41, 5.74) is 6.72. The molecule has 3 nitrogen and oxygen atoms in total. The highest BCUT2D eigenvalue weighted by atomic mass is 16.3. The largest absolute Gasteiger partial charge is 0.396 e. The number of aliphatic hydroxyl groups excluding tert-OH is 1. The van der Waals surface area contributed by atoms with Crippen LogP contribution in [0.5, 0.6) is 0 Å². The number of nitrogens with two attached hydrogens (primary N) is 1. The molecule has 3 N–H and O–H groups in total. The molecule has 0 aliphatic carbocycles. The van der Waals surface area contributed by atoms with Crippen LogP contribution in [0, 0.1) is 0 Å². The van der Waals surface area contributed by atoms with Gasteiger partial charge in [0, 0.05) is 25.4 Å². The van der Waals surface area contributed by atoms with Gasteiger partial charge in [-0.25, -0.2) is 0 Å². The molecule has 0 saturated carbocycles. The molecule has 1 rings (SSSR count). The molecular weight excluding hydrogens is 188 g/mol. The fraction of sp³-hybridized carbons (Fsp3) is 0.500. The van der Waals surface area contributed by atoms with Crippen LogP contribution in [0.1, 0.15) is 12.8 Å². The number of para-hydroxylation sites is 1. The smallest absolute Gasteiger partial charge is 0.0447 e. The summed E-state index contributed by atoms with van der Waals surface area (Å²) in [5.74, 6) is 0. The molecule has 0 amide bonds. The molecule has 15 heavy (non-hydrogen) atoms. The standard InChI is InChI=1S/C12H20N2O/c13-8-4-9-14(10-5-11-15)12-6-2-1-3-7-12/h1-3,6-7,15H,4-5,8-11,13H2. The normalized spacial score (nSPS) is 10.3. The summed E-state index contributed by atoms with van der Waals surface area (Å²) in [5, 5.41) is 8.84. The molecule has 0 radical (unpaired) electrons. The number of nitrogens with zero attached hydrogens (tertiary/aromatic N) is 1. The van der Waals surface area contributed by atoms with Crippen molar-refractivity contribution in [2.75, 3.05) is 31.1 Å². The van der Waals surface area contributed by atoms with Gasteiger partial charge < -0.3 is 15.7 Å². The first kappa shape index (κ1) is 12.0. The molecule has 0 fully saturated rings.